The monoisotopic (exact) mass is 607 g/mol. The molecule has 11 nitrogen and oxygen atoms in total. The van der Waals surface area contributed by atoms with Crippen LogP contribution in [0, 0.1) is 17.8 Å². The molecule has 44 heavy (non-hydrogen) atoms. The highest BCUT2D eigenvalue weighted by Crippen LogP contribution is 2.45. The summed E-state index contributed by atoms with van der Waals surface area (Å²) in [6.07, 6.45) is 0.780. The molecule has 0 radical (unpaired) electrons. The van der Waals surface area contributed by atoms with Gasteiger partial charge in [-0.25, -0.2) is 9.37 Å². The van der Waals surface area contributed by atoms with Gasteiger partial charge in [-0.05, 0) is 42.2 Å². The molecule has 3 aromatic rings. The first kappa shape index (κ1) is 29.8. The number of methoxy groups -OCH3 is 6. The normalized spacial score (nSPS) is 24.1. The van der Waals surface area contributed by atoms with Gasteiger partial charge in [0.15, 0.2) is 17.2 Å². The molecule has 3 aliphatic rings. The van der Waals surface area contributed by atoms with E-state index in [9.17, 15) is 9.59 Å². The summed E-state index contributed by atoms with van der Waals surface area (Å²) in [4.78, 5) is 30.6. The Labute approximate surface area is 256 Å². The number of hydrogen-bond acceptors (Lipinski definition) is 9. The van der Waals surface area contributed by atoms with Gasteiger partial charge in [-0.15, -0.1) is 0 Å². The lowest BCUT2D eigenvalue weighted by Crippen LogP contribution is -2.57. The molecule has 6 rings (SSSR count). The molecule has 2 aliphatic heterocycles. The van der Waals surface area contributed by atoms with Crippen molar-refractivity contribution in [1.82, 2.24) is 4.98 Å². The Kier molecular flexibility index (Phi) is 8.15. The van der Waals surface area contributed by atoms with E-state index in [4.69, 9.17) is 33.2 Å². The number of ether oxygens (including phenoxy) is 7. The molecule has 1 fully saturated rings. The van der Waals surface area contributed by atoms with Gasteiger partial charge in [-0.2, -0.15) is 0 Å². The minimum Gasteiger partial charge on any atom is -0.497 e. The number of nitrogens with one attached hydrogen (secondary N) is 1. The molecule has 1 N–H and O–H groups in total. The van der Waals surface area contributed by atoms with Gasteiger partial charge in [0.1, 0.15) is 36.7 Å². The summed E-state index contributed by atoms with van der Waals surface area (Å²) in [5, 5.41) is 1.19. The molecule has 0 amide bonds. The van der Waals surface area contributed by atoms with Crippen molar-refractivity contribution in [2.75, 3.05) is 55.7 Å². The number of aromatic nitrogens is 1. The fourth-order valence-electron chi connectivity index (χ4n) is 7.49. The third kappa shape index (κ3) is 4.92. The van der Waals surface area contributed by atoms with Gasteiger partial charge in [-0.1, -0.05) is 0 Å². The minimum absolute atomic E-state index is 0.0540. The van der Waals surface area contributed by atoms with Crippen molar-refractivity contribution in [2.45, 2.75) is 31.5 Å². The highest BCUT2D eigenvalue weighted by Gasteiger charge is 2.55. The van der Waals surface area contributed by atoms with E-state index in [0.29, 0.717) is 30.1 Å². The Bertz CT molecular complexity index is 1600. The van der Waals surface area contributed by atoms with E-state index < -0.39 is 24.1 Å². The molecule has 5 atom stereocenters. The topological polar surface area (TPSA) is 118 Å². The van der Waals surface area contributed by atoms with Crippen LogP contribution >= 0.6 is 0 Å². The molecular formula is C33H39N2O9+. The summed E-state index contributed by atoms with van der Waals surface area (Å²) in [7, 11) is 9.08. The molecule has 1 aliphatic carbocycles. The molecule has 0 spiro atoms. The van der Waals surface area contributed by atoms with Crippen LogP contribution in [-0.2, 0) is 25.4 Å². The van der Waals surface area contributed by atoms with E-state index in [-0.39, 0.29) is 23.4 Å². The number of hydrogen-bond donors (Lipinski definition) is 1. The van der Waals surface area contributed by atoms with Crippen LogP contribution in [0.25, 0.3) is 10.9 Å². The summed E-state index contributed by atoms with van der Waals surface area (Å²) >= 11 is 0. The number of esters is 2. The molecule has 3 heterocycles. The van der Waals surface area contributed by atoms with Crippen LogP contribution in [0.1, 0.15) is 34.5 Å². The second kappa shape index (κ2) is 12.0. The summed E-state index contributed by atoms with van der Waals surface area (Å²) in [6, 6.07) is 9.23. The summed E-state index contributed by atoms with van der Waals surface area (Å²) in [5.41, 5.74) is 4.88. The van der Waals surface area contributed by atoms with Crippen molar-refractivity contribution in [1.29, 1.82) is 0 Å². The van der Waals surface area contributed by atoms with E-state index >= 15 is 0 Å². The second-order valence-electron chi connectivity index (χ2n) is 11.5. The van der Waals surface area contributed by atoms with Crippen molar-refractivity contribution in [3.63, 3.8) is 0 Å². The number of H-pyrrole nitrogens is 1. The number of carbonyl (C=O) groups is 2. The first-order valence-electron chi connectivity index (χ1n) is 14.8. The minimum atomic E-state index is -0.683. The van der Waals surface area contributed by atoms with Crippen molar-refractivity contribution < 1.29 is 47.3 Å². The van der Waals surface area contributed by atoms with E-state index in [0.717, 1.165) is 36.5 Å². The van der Waals surface area contributed by atoms with Gasteiger partial charge in [0, 0.05) is 42.8 Å². The van der Waals surface area contributed by atoms with Gasteiger partial charge in [0.25, 0.3) is 0 Å². The number of aromatic amines is 1. The summed E-state index contributed by atoms with van der Waals surface area (Å²) in [5.74, 6) is 0.326. The van der Waals surface area contributed by atoms with Gasteiger partial charge in [0.2, 0.25) is 5.75 Å². The van der Waals surface area contributed by atoms with E-state index in [2.05, 4.69) is 15.6 Å². The lowest BCUT2D eigenvalue weighted by molar-refractivity contribution is -0.545. The highest BCUT2D eigenvalue weighted by atomic mass is 16.6. The number of rotatable bonds is 8. The fourth-order valence-corrected chi connectivity index (χ4v) is 7.49. The van der Waals surface area contributed by atoms with Gasteiger partial charge in [-0.3, -0.25) is 4.79 Å². The van der Waals surface area contributed by atoms with E-state index in [1.807, 2.05) is 12.1 Å². The fraction of sp³-hybridized carbons (Fsp3) is 0.485. The van der Waals surface area contributed by atoms with Crippen molar-refractivity contribution in [2.24, 2.45) is 17.8 Å². The maximum absolute atomic E-state index is 13.5. The molecular weight excluding hydrogens is 568 g/mol. The highest BCUT2D eigenvalue weighted by molar-refractivity contribution is 6.04. The lowest BCUT2D eigenvalue weighted by Gasteiger charge is -2.45. The Hall–Kier alpha value is -4.25. The molecule has 11 heteroatoms. The molecule has 0 saturated heterocycles. The smallest absolute Gasteiger partial charge is 0.338 e. The third-order valence-electron chi connectivity index (χ3n) is 9.53. The molecule has 0 unspecified atom stereocenters. The quantitative estimate of drug-likeness (QED) is 0.303. The van der Waals surface area contributed by atoms with Crippen molar-refractivity contribution in [3.8, 4) is 23.0 Å². The van der Waals surface area contributed by atoms with Crippen LogP contribution < -0.4 is 18.9 Å². The largest absolute Gasteiger partial charge is 0.497 e. The van der Waals surface area contributed by atoms with E-state index in [1.54, 1.807) is 26.4 Å². The number of carbonyl (C=O) groups excluding carboxylic acids is 2. The predicted molar refractivity (Wildman–Crippen MR) is 160 cm³/mol. The van der Waals surface area contributed by atoms with E-state index in [1.165, 1.54) is 45.1 Å². The average Bonchev–Trinajstić information content (AvgIpc) is 3.43. The number of fused-ring (bicyclic) bond motifs is 5. The first-order chi connectivity index (χ1) is 21.3. The second-order valence-corrected chi connectivity index (χ2v) is 11.5. The van der Waals surface area contributed by atoms with Crippen LogP contribution in [0.15, 0.2) is 30.3 Å². The van der Waals surface area contributed by atoms with Crippen molar-refractivity contribution in [3.05, 3.63) is 47.2 Å². The maximum Gasteiger partial charge on any atom is 0.338 e. The molecule has 1 saturated carbocycles. The van der Waals surface area contributed by atoms with Crippen molar-refractivity contribution >= 4 is 28.6 Å². The zero-order valence-electron chi connectivity index (χ0n) is 25.9. The number of nitrogens with zero attached hydrogens (tertiary/aromatic N) is 1. The standard InChI is InChI=1S/C33H38N2O9/c1-38-19-7-8-20-21-9-10-35-16-18-13-27(44-32(36)17-11-25(39-2)30(41-4)26(12-17)40-3)31(42-5)28(33(37)43-6)22(18)15-24(35)29(21)34-23(20)14-19/h7-8,11-12,14,18,22,27-28,31H,9-10,13,15-16H2,1-6H3/p+1/t18-,22+,27-,28+,31+/m1/s1. The molecule has 1 aromatic heterocycles. The summed E-state index contributed by atoms with van der Waals surface area (Å²) < 4.78 is 41.5. The number of benzene rings is 2. The van der Waals surface area contributed by atoms with Gasteiger partial charge >= 0.3 is 11.9 Å². The van der Waals surface area contributed by atoms with Crippen LogP contribution in [0.3, 0.4) is 0 Å². The van der Waals surface area contributed by atoms with Gasteiger partial charge in [0.05, 0.1) is 47.0 Å². The van der Waals surface area contributed by atoms with Gasteiger partial charge < -0.3 is 38.1 Å². The zero-order valence-corrected chi connectivity index (χ0v) is 25.9. The Morgan fingerprint density at radius 3 is 2.32 bits per heavy atom. The third-order valence-corrected chi connectivity index (χ3v) is 9.53. The maximum atomic E-state index is 13.5. The average molecular weight is 608 g/mol. The predicted octanol–water partition coefficient (Wildman–Crippen LogP) is 3.63. The SMILES string of the molecule is COC(=O)[C@H]1[C@H]2CC3=[N+](CCc4c3[nH]c3cc(OC)ccc43)C[C@H]2C[C@@H](OC(=O)c2cc(OC)c(OC)c(OC)c2)[C@@H]1OC. The Morgan fingerprint density at radius 2 is 1.68 bits per heavy atom. The van der Waals surface area contributed by atoms with Crippen LogP contribution in [0.2, 0.25) is 0 Å². The summed E-state index contributed by atoms with van der Waals surface area (Å²) in [6.45, 7) is 1.61. The molecule has 0 bridgehead atoms. The Balaban J connectivity index is 1.32. The zero-order chi connectivity index (χ0) is 31.1. The first-order valence-corrected chi connectivity index (χ1v) is 14.8. The lowest BCUT2D eigenvalue weighted by atomic mass is 9.65. The van der Waals surface area contributed by atoms with Crippen LogP contribution in [-0.4, -0.2) is 95.2 Å². The Morgan fingerprint density at radius 1 is 0.932 bits per heavy atom. The molecule has 2 aromatic carbocycles. The van der Waals surface area contributed by atoms with Crippen LogP contribution in [0.4, 0.5) is 0 Å². The van der Waals surface area contributed by atoms with Crippen LogP contribution in [0.5, 0.6) is 23.0 Å². The molecule has 234 valence electrons.